The van der Waals surface area contributed by atoms with Crippen LogP contribution in [0.15, 0.2) is 46.3 Å². The minimum atomic E-state index is -0.356. The number of nitrogens with one attached hydrogen (secondary N) is 1. The summed E-state index contributed by atoms with van der Waals surface area (Å²) in [4.78, 5) is 17.0. The van der Waals surface area contributed by atoms with Crippen molar-refractivity contribution in [3.63, 3.8) is 0 Å². The molecule has 1 aromatic heterocycles. The summed E-state index contributed by atoms with van der Waals surface area (Å²) in [6.45, 7) is 4.42. The molecule has 1 aliphatic rings. The number of nitrogens with zero attached hydrogens (tertiary/aromatic N) is 3. The van der Waals surface area contributed by atoms with Gasteiger partial charge in [0.2, 0.25) is 5.95 Å². The average Bonchev–Trinajstić information content (AvgIpc) is 3.06. The summed E-state index contributed by atoms with van der Waals surface area (Å²) < 4.78 is 8.21. The summed E-state index contributed by atoms with van der Waals surface area (Å²) >= 11 is 3.45. The summed E-state index contributed by atoms with van der Waals surface area (Å²) in [6.07, 6.45) is 4.49. The number of benzene rings is 1. The number of halogens is 1. The first kappa shape index (κ1) is 17.7. The monoisotopic (exact) mass is 404 g/mol. The Balaban J connectivity index is 1.92. The Kier molecular flexibility index (Phi) is 5.53. The summed E-state index contributed by atoms with van der Waals surface area (Å²) in [6, 6.07) is 7.50. The van der Waals surface area contributed by atoms with Gasteiger partial charge in [-0.15, -0.1) is 0 Å². The fraction of sp³-hybridized carbons (Fsp3) is 0.389. The smallest absolute Gasteiger partial charge is 0.338 e. The maximum absolute atomic E-state index is 12.8. The van der Waals surface area contributed by atoms with Crippen molar-refractivity contribution in [2.24, 2.45) is 0 Å². The molecule has 1 atom stereocenters. The second kappa shape index (κ2) is 7.82. The Labute approximate surface area is 155 Å². The van der Waals surface area contributed by atoms with Crippen LogP contribution < -0.4 is 5.32 Å². The van der Waals surface area contributed by atoms with Gasteiger partial charge < -0.3 is 10.1 Å². The van der Waals surface area contributed by atoms with Gasteiger partial charge in [0, 0.05) is 10.2 Å². The quantitative estimate of drug-likeness (QED) is 0.580. The van der Waals surface area contributed by atoms with Crippen LogP contribution >= 0.6 is 15.9 Å². The predicted molar refractivity (Wildman–Crippen MR) is 99.1 cm³/mol. The highest BCUT2D eigenvalue weighted by molar-refractivity contribution is 9.10. The topological polar surface area (TPSA) is 69.0 Å². The molecule has 3 rings (SSSR count). The molecule has 0 radical (unpaired) electrons. The summed E-state index contributed by atoms with van der Waals surface area (Å²) in [5.41, 5.74) is 2.27. The molecule has 7 heteroatoms. The number of rotatable bonds is 6. The zero-order valence-electron chi connectivity index (χ0n) is 14.3. The van der Waals surface area contributed by atoms with Gasteiger partial charge in [0.1, 0.15) is 12.4 Å². The molecule has 1 aromatic carbocycles. The van der Waals surface area contributed by atoms with E-state index < -0.39 is 0 Å². The predicted octanol–water partition coefficient (Wildman–Crippen LogP) is 4.06. The number of esters is 1. The van der Waals surface area contributed by atoms with Gasteiger partial charge in [0.25, 0.3) is 0 Å². The van der Waals surface area contributed by atoms with E-state index in [1.165, 1.54) is 6.33 Å². The van der Waals surface area contributed by atoms with E-state index in [9.17, 15) is 4.79 Å². The highest BCUT2D eigenvalue weighted by Gasteiger charge is 2.34. The minimum Gasteiger partial charge on any atom is -0.462 e. The fourth-order valence-corrected chi connectivity index (χ4v) is 3.17. The molecule has 2 heterocycles. The van der Waals surface area contributed by atoms with Crippen molar-refractivity contribution in [3.05, 3.63) is 51.9 Å². The number of fused-ring (bicyclic) bond motifs is 1. The zero-order valence-corrected chi connectivity index (χ0v) is 15.9. The molecule has 1 aliphatic heterocycles. The third-order valence-electron chi connectivity index (χ3n) is 4.18. The molecule has 0 spiro atoms. The Morgan fingerprint density at radius 2 is 2.08 bits per heavy atom. The molecule has 0 aliphatic carbocycles. The number of aromatic nitrogens is 3. The lowest BCUT2D eigenvalue weighted by Crippen LogP contribution is -2.29. The highest BCUT2D eigenvalue weighted by Crippen LogP contribution is 2.35. The number of ether oxygens (including phenoxy) is 1. The normalized spacial score (nSPS) is 16.4. The lowest BCUT2D eigenvalue weighted by atomic mass is 9.96. The molecule has 1 N–H and O–H groups in total. The summed E-state index contributed by atoms with van der Waals surface area (Å²) in [7, 11) is 0. The Hall–Kier alpha value is -2.15. The van der Waals surface area contributed by atoms with E-state index in [1.54, 1.807) is 4.68 Å². The first-order chi connectivity index (χ1) is 12.1. The van der Waals surface area contributed by atoms with Crippen LogP contribution in [0.25, 0.3) is 0 Å². The van der Waals surface area contributed by atoms with Crippen molar-refractivity contribution in [1.29, 1.82) is 0 Å². The first-order valence-electron chi connectivity index (χ1n) is 8.41. The molecule has 6 nitrogen and oxygen atoms in total. The number of carbonyl (C=O) groups is 1. The van der Waals surface area contributed by atoms with Crippen molar-refractivity contribution >= 4 is 27.8 Å². The number of allylic oxidation sites excluding steroid dienone is 1. The van der Waals surface area contributed by atoms with E-state index in [0.29, 0.717) is 18.1 Å². The van der Waals surface area contributed by atoms with Gasteiger partial charge in [-0.05, 0) is 31.0 Å². The van der Waals surface area contributed by atoms with Gasteiger partial charge in [0.15, 0.2) is 0 Å². The summed E-state index contributed by atoms with van der Waals surface area (Å²) in [5.74, 6) is 0.308. The Morgan fingerprint density at radius 3 is 2.80 bits per heavy atom. The molecule has 0 saturated carbocycles. The second-order valence-corrected chi connectivity index (χ2v) is 6.90. The largest absolute Gasteiger partial charge is 0.462 e. The minimum absolute atomic E-state index is 0.310. The molecule has 0 fully saturated rings. The van der Waals surface area contributed by atoms with Crippen LogP contribution in [0.4, 0.5) is 5.95 Å². The summed E-state index contributed by atoms with van der Waals surface area (Å²) in [5, 5.41) is 7.45. The highest BCUT2D eigenvalue weighted by atomic mass is 79.9. The van der Waals surface area contributed by atoms with Crippen LogP contribution in [0, 0.1) is 0 Å². The maximum atomic E-state index is 12.8. The number of anilines is 1. The van der Waals surface area contributed by atoms with E-state index >= 15 is 0 Å². The third kappa shape index (κ3) is 3.76. The van der Waals surface area contributed by atoms with E-state index in [0.717, 1.165) is 35.0 Å². The molecule has 0 amide bonds. The fourth-order valence-electron chi connectivity index (χ4n) is 2.90. The Bertz CT molecular complexity index is 783. The van der Waals surface area contributed by atoms with Gasteiger partial charge in [-0.3, -0.25) is 0 Å². The van der Waals surface area contributed by atoms with Gasteiger partial charge in [-0.1, -0.05) is 47.8 Å². The molecule has 0 saturated heterocycles. The zero-order chi connectivity index (χ0) is 17.8. The van der Waals surface area contributed by atoms with Gasteiger partial charge >= 0.3 is 5.97 Å². The van der Waals surface area contributed by atoms with Crippen LogP contribution in [0.1, 0.15) is 44.7 Å². The van der Waals surface area contributed by atoms with Crippen LogP contribution in [0.3, 0.4) is 0 Å². The maximum Gasteiger partial charge on any atom is 0.338 e. The van der Waals surface area contributed by atoms with E-state index in [-0.39, 0.29) is 12.0 Å². The molecule has 2 aromatic rings. The third-order valence-corrected chi connectivity index (χ3v) is 4.71. The van der Waals surface area contributed by atoms with Crippen LogP contribution in [-0.2, 0) is 9.53 Å². The van der Waals surface area contributed by atoms with Gasteiger partial charge in [-0.2, -0.15) is 10.1 Å². The van der Waals surface area contributed by atoms with E-state index in [1.807, 2.05) is 31.2 Å². The van der Waals surface area contributed by atoms with E-state index in [2.05, 4.69) is 38.3 Å². The van der Waals surface area contributed by atoms with Crippen molar-refractivity contribution in [2.75, 3.05) is 11.9 Å². The molecule has 0 unspecified atom stereocenters. The molecular formula is C18H21BrN4O2. The molecule has 0 bridgehead atoms. The first-order valence-corrected chi connectivity index (χ1v) is 9.21. The molecular weight excluding hydrogens is 384 g/mol. The average molecular weight is 405 g/mol. The van der Waals surface area contributed by atoms with Crippen molar-refractivity contribution in [3.8, 4) is 0 Å². The number of unbranched alkanes of at least 4 members (excludes halogenated alkanes) is 2. The van der Waals surface area contributed by atoms with Gasteiger partial charge in [-0.25, -0.2) is 9.48 Å². The van der Waals surface area contributed by atoms with Crippen LogP contribution in [-0.4, -0.2) is 27.3 Å². The number of hydrogen-bond donors (Lipinski definition) is 1. The van der Waals surface area contributed by atoms with E-state index in [4.69, 9.17) is 4.74 Å². The van der Waals surface area contributed by atoms with Crippen molar-refractivity contribution < 1.29 is 9.53 Å². The molecule has 132 valence electrons. The lowest BCUT2D eigenvalue weighted by molar-refractivity contribution is -0.139. The lowest BCUT2D eigenvalue weighted by Gasteiger charge is -2.28. The van der Waals surface area contributed by atoms with Crippen molar-refractivity contribution in [1.82, 2.24) is 14.8 Å². The Morgan fingerprint density at radius 1 is 1.32 bits per heavy atom. The van der Waals surface area contributed by atoms with Gasteiger partial charge in [0.05, 0.1) is 12.2 Å². The standard InChI is InChI=1S/C18H21BrN4O2/c1-3-4-5-10-25-17(24)15-12(2)22-18-20-11-21-23(18)16(15)13-6-8-14(19)9-7-13/h6-9,11,16H,3-5,10H2,1-2H3,(H,20,21,22)/t16-/m0/s1. The molecule has 25 heavy (non-hydrogen) atoms. The van der Waals surface area contributed by atoms with Crippen LogP contribution in [0.2, 0.25) is 0 Å². The van der Waals surface area contributed by atoms with Crippen molar-refractivity contribution in [2.45, 2.75) is 39.2 Å². The van der Waals surface area contributed by atoms with Crippen LogP contribution in [0.5, 0.6) is 0 Å². The number of carbonyl (C=O) groups excluding carboxylic acids is 1. The second-order valence-electron chi connectivity index (χ2n) is 5.99. The number of hydrogen-bond acceptors (Lipinski definition) is 5. The SMILES string of the molecule is CCCCCOC(=O)C1=C(C)Nc2ncnn2[C@H]1c1ccc(Br)cc1.